The minimum Gasteiger partial charge on any atom is -0.465 e. The first-order valence-corrected chi connectivity index (χ1v) is 10.7. The van der Waals surface area contributed by atoms with Crippen molar-refractivity contribution in [1.82, 2.24) is 9.80 Å². The molecule has 0 radical (unpaired) electrons. The predicted octanol–water partition coefficient (Wildman–Crippen LogP) is 2.72. The number of nitrogens with zero attached hydrogens (tertiary/aromatic N) is 3. The highest BCUT2D eigenvalue weighted by Gasteiger charge is 2.52. The zero-order valence-electron chi connectivity index (χ0n) is 18.5. The van der Waals surface area contributed by atoms with E-state index >= 15 is 0 Å². The molecule has 2 heterocycles. The molecule has 1 aromatic rings. The second kappa shape index (κ2) is 9.40. The summed E-state index contributed by atoms with van der Waals surface area (Å²) in [6, 6.07) is 6.75. The van der Waals surface area contributed by atoms with Crippen molar-refractivity contribution < 1.29 is 37.1 Å². The van der Waals surface area contributed by atoms with Gasteiger partial charge < -0.3 is 14.5 Å². The molecule has 1 aromatic carbocycles. The van der Waals surface area contributed by atoms with E-state index < -0.39 is 36.8 Å². The van der Waals surface area contributed by atoms with Gasteiger partial charge >= 0.3 is 12.1 Å². The van der Waals surface area contributed by atoms with E-state index in [1.54, 1.807) is 36.1 Å². The second-order valence-electron chi connectivity index (χ2n) is 8.19. The lowest BCUT2D eigenvalue weighted by molar-refractivity contribution is -0.167. The van der Waals surface area contributed by atoms with Gasteiger partial charge in [-0.25, -0.2) is 0 Å². The van der Waals surface area contributed by atoms with E-state index in [4.69, 9.17) is 0 Å². The maximum Gasteiger partial charge on any atom is 0.406 e. The molecule has 1 unspecified atom stereocenters. The fourth-order valence-electron chi connectivity index (χ4n) is 4.40. The zero-order valence-corrected chi connectivity index (χ0v) is 18.5. The molecule has 33 heavy (non-hydrogen) atoms. The van der Waals surface area contributed by atoms with Crippen LogP contribution in [-0.4, -0.2) is 71.6 Å². The maximum absolute atomic E-state index is 13.2. The summed E-state index contributed by atoms with van der Waals surface area (Å²) in [6.07, 6.45) is -4.24. The Morgan fingerprint density at radius 2 is 1.91 bits per heavy atom. The third-order valence-corrected chi connectivity index (χ3v) is 5.87. The van der Waals surface area contributed by atoms with Crippen molar-refractivity contribution in [3.63, 3.8) is 0 Å². The summed E-state index contributed by atoms with van der Waals surface area (Å²) in [5.41, 5.74) is -0.0227. The fraction of sp³-hybridized carbons (Fsp3) is 0.545. The fourth-order valence-corrected chi connectivity index (χ4v) is 4.40. The molecular formula is C22H26F3N3O5. The Morgan fingerprint density at radius 3 is 2.58 bits per heavy atom. The van der Waals surface area contributed by atoms with Gasteiger partial charge in [0.2, 0.25) is 11.8 Å². The van der Waals surface area contributed by atoms with Gasteiger partial charge in [0.25, 0.3) is 5.91 Å². The number of esters is 1. The summed E-state index contributed by atoms with van der Waals surface area (Å²) in [7, 11) is 0. The molecule has 1 fully saturated rings. The number of benzene rings is 1. The first-order valence-electron chi connectivity index (χ1n) is 10.7. The zero-order chi connectivity index (χ0) is 24.4. The van der Waals surface area contributed by atoms with Gasteiger partial charge in [-0.05, 0) is 38.8 Å². The van der Waals surface area contributed by atoms with Gasteiger partial charge in [-0.15, -0.1) is 0 Å². The van der Waals surface area contributed by atoms with Crippen LogP contribution in [0.15, 0.2) is 24.3 Å². The van der Waals surface area contributed by atoms with Gasteiger partial charge in [0, 0.05) is 19.4 Å². The molecule has 180 valence electrons. The smallest absolute Gasteiger partial charge is 0.406 e. The number of halogens is 3. The number of para-hydroxylation sites is 1. The minimum atomic E-state index is -4.67. The van der Waals surface area contributed by atoms with Crippen LogP contribution in [0.2, 0.25) is 0 Å². The SMILES string of the molecule is CCOC(=O)CN(CC(F)(F)F)C(=O)CCCN1C(=O)c2ccccc2N2C(=O)CCC12C. The highest BCUT2D eigenvalue weighted by Crippen LogP contribution is 2.44. The van der Waals surface area contributed by atoms with Crippen LogP contribution in [0, 0.1) is 0 Å². The minimum absolute atomic E-state index is 0.0147. The van der Waals surface area contributed by atoms with E-state index in [-0.39, 0.29) is 44.2 Å². The van der Waals surface area contributed by atoms with Crippen LogP contribution in [0.3, 0.4) is 0 Å². The molecule has 0 spiro atoms. The van der Waals surface area contributed by atoms with Crippen molar-refractivity contribution in [2.45, 2.75) is 51.4 Å². The van der Waals surface area contributed by atoms with Crippen LogP contribution in [0.4, 0.5) is 18.9 Å². The van der Waals surface area contributed by atoms with E-state index in [1.807, 2.05) is 0 Å². The molecule has 0 saturated carbocycles. The van der Waals surface area contributed by atoms with E-state index in [0.717, 1.165) is 0 Å². The highest BCUT2D eigenvalue weighted by molar-refractivity contribution is 6.10. The normalized spacial score (nSPS) is 19.9. The summed E-state index contributed by atoms with van der Waals surface area (Å²) in [6.45, 7) is 0.962. The molecule has 0 bridgehead atoms. The summed E-state index contributed by atoms with van der Waals surface area (Å²) in [4.78, 5) is 53.4. The summed E-state index contributed by atoms with van der Waals surface area (Å²) >= 11 is 0. The lowest BCUT2D eigenvalue weighted by Crippen LogP contribution is -2.62. The number of amides is 3. The third kappa shape index (κ3) is 5.12. The van der Waals surface area contributed by atoms with Gasteiger partial charge in [-0.3, -0.25) is 24.1 Å². The molecule has 0 aliphatic carbocycles. The first-order chi connectivity index (χ1) is 15.5. The molecule has 1 saturated heterocycles. The number of carbonyl (C=O) groups excluding carboxylic acids is 4. The van der Waals surface area contributed by atoms with Crippen LogP contribution in [0.5, 0.6) is 0 Å². The van der Waals surface area contributed by atoms with Gasteiger partial charge in [-0.2, -0.15) is 13.2 Å². The van der Waals surface area contributed by atoms with Crippen LogP contribution >= 0.6 is 0 Å². The van der Waals surface area contributed by atoms with Crippen molar-refractivity contribution >= 4 is 29.4 Å². The molecule has 2 aliphatic heterocycles. The Morgan fingerprint density at radius 1 is 1.21 bits per heavy atom. The Kier molecular flexibility index (Phi) is 6.99. The molecule has 8 nitrogen and oxygen atoms in total. The van der Waals surface area contributed by atoms with Crippen molar-refractivity contribution in [3.8, 4) is 0 Å². The van der Waals surface area contributed by atoms with Crippen LogP contribution in [0.1, 0.15) is 49.9 Å². The van der Waals surface area contributed by atoms with E-state index in [9.17, 15) is 32.3 Å². The lowest BCUT2D eigenvalue weighted by Gasteiger charge is -2.48. The average molecular weight is 469 g/mol. The molecule has 2 aliphatic rings. The number of alkyl halides is 3. The van der Waals surface area contributed by atoms with E-state index in [1.165, 1.54) is 11.8 Å². The number of rotatable bonds is 8. The number of ether oxygens (including phenoxy) is 1. The molecule has 11 heteroatoms. The Bertz CT molecular complexity index is 951. The Hall–Kier alpha value is -3.11. The number of anilines is 1. The van der Waals surface area contributed by atoms with Crippen LogP contribution in [0.25, 0.3) is 0 Å². The number of carbonyl (C=O) groups is 4. The number of fused-ring (bicyclic) bond motifs is 3. The highest BCUT2D eigenvalue weighted by atomic mass is 19.4. The third-order valence-electron chi connectivity index (χ3n) is 5.87. The van der Waals surface area contributed by atoms with Crippen LogP contribution < -0.4 is 4.90 Å². The van der Waals surface area contributed by atoms with E-state index in [2.05, 4.69) is 4.74 Å². The molecule has 3 amide bonds. The van der Waals surface area contributed by atoms with Crippen LogP contribution in [-0.2, 0) is 19.1 Å². The monoisotopic (exact) mass is 469 g/mol. The average Bonchev–Trinajstić information content (AvgIpc) is 3.04. The maximum atomic E-state index is 13.2. The molecule has 3 rings (SSSR count). The van der Waals surface area contributed by atoms with Crippen molar-refractivity contribution in [1.29, 1.82) is 0 Å². The molecule has 0 N–H and O–H groups in total. The summed E-state index contributed by atoms with van der Waals surface area (Å²) < 4.78 is 43.4. The molecular weight excluding hydrogens is 443 g/mol. The van der Waals surface area contributed by atoms with Gasteiger partial charge in [0.05, 0.1) is 17.9 Å². The van der Waals surface area contributed by atoms with Gasteiger partial charge in [0.1, 0.15) is 18.8 Å². The van der Waals surface area contributed by atoms with Crippen molar-refractivity contribution in [2.24, 2.45) is 0 Å². The quantitative estimate of drug-likeness (QED) is 0.547. The largest absolute Gasteiger partial charge is 0.465 e. The molecule has 1 atom stereocenters. The summed E-state index contributed by atoms with van der Waals surface area (Å²) in [5.74, 6) is -2.21. The number of hydrogen-bond donors (Lipinski definition) is 0. The lowest BCUT2D eigenvalue weighted by atomic mass is 9.98. The molecule has 0 aromatic heterocycles. The Balaban J connectivity index is 1.71. The summed E-state index contributed by atoms with van der Waals surface area (Å²) in [5, 5.41) is 0. The predicted molar refractivity (Wildman–Crippen MR) is 111 cm³/mol. The van der Waals surface area contributed by atoms with Crippen molar-refractivity contribution in [2.75, 3.05) is 31.1 Å². The topological polar surface area (TPSA) is 87.2 Å². The van der Waals surface area contributed by atoms with E-state index in [0.29, 0.717) is 22.6 Å². The standard InChI is InChI=1S/C22H26F3N3O5/c1-3-33-19(31)13-26(14-22(23,24)25)17(29)9-6-12-27-20(32)15-7-4-5-8-16(15)28-18(30)10-11-21(27,28)2/h4-5,7-8H,3,6,9-14H2,1-2H3. The van der Waals surface area contributed by atoms with Gasteiger partial charge in [-0.1, -0.05) is 12.1 Å². The van der Waals surface area contributed by atoms with Gasteiger partial charge in [0.15, 0.2) is 0 Å². The first kappa shape index (κ1) is 24.5. The number of hydrogen-bond acceptors (Lipinski definition) is 5. The Labute approximate surface area is 189 Å². The second-order valence-corrected chi connectivity index (χ2v) is 8.19. The van der Waals surface area contributed by atoms with Crippen molar-refractivity contribution in [3.05, 3.63) is 29.8 Å².